The first-order valence-corrected chi connectivity index (χ1v) is 6.05. The number of rotatable bonds is 2. The van der Waals surface area contributed by atoms with Gasteiger partial charge in [0, 0.05) is 0 Å². The maximum Gasteiger partial charge on any atom is 0.314 e. The third kappa shape index (κ3) is 1.17. The van der Waals surface area contributed by atoms with Crippen LogP contribution in [0.3, 0.4) is 0 Å². The van der Waals surface area contributed by atoms with Crippen LogP contribution in [0.2, 0.25) is 0 Å². The molecule has 1 aromatic heterocycles. The van der Waals surface area contributed by atoms with Gasteiger partial charge in [0.1, 0.15) is 0 Å². The number of carbonyl (C=O) groups is 1. The molecule has 0 aromatic carbocycles. The Hall–Kier alpha value is -0.350. The quantitative estimate of drug-likeness (QED) is 0.899. The van der Waals surface area contributed by atoms with Gasteiger partial charge in [0.05, 0.1) is 9.20 Å². The van der Waals surface area contributed by atoms with Crippen LogP contribution in [0.4, 0.5) is 0 Å². The normalized spacial score (nSPS) is 28.8. The van der Waals surface area contributed by atoms with Crippen molar-refractivity contribution in [3.8, 4) is 0 Å². The van der Waals surface area contributed by atoms with Crippen molar-refractivity contribution >= 4 is 33.2 Å². The number of halogens is 1. The van der Waals surface area contributed by atoms with Gasteiger partial charge in [0.25, 0.3) is 0 Å². The van der Waals surface area contributed by atoms with Crippen LogP contribution in [-0.2, 0) is 10.2 Å². The van der Waals surface area contributed by atoms with Crippen molar-refractivity contribution in [3.63, 3.8) is 0 Å². The molecular formula is C10H11BrO2S. The first-order valence-electron chi connectivity index (χ1n) is 4.38. The van der Waals surface area contributed by atoms with Crippen LogP contribution in [0, 0.1) is 5.41 Å². The zero-order valence-electron chi connectivity index (χ0n) is 8.00. The summed E-state index contributed by atoms with van der Waals surface area (Å²) in [6, 6.07) is 1.92. The van der Waals surface area contributed by atoms with Crippen LogP contribution in [0.25, 0.3) is 0 Å². The van der Waals surface area contributed by atoms with E-state index in [9.17, 15) is 9.90 Å². The predicted octanol–water partition coefficient (Wildman–Crippen LogP) is 3.26. The maximum atomic E-state index is 11.3. The second-order valence-electron chi connectivity index (χ2n) is 4.41. The second kappa shape index (κ2) is 2.83. The highest BCUT2D eigenvalue weighted by Gasteiger charge is 2.67. The Morgan fingerprint density at radius 1 is 1.64 bits per heavy atom. The van der Waals surface area contributed by atoms with Crippen molar-refractivity contribution in [1.29, 1.82) is 0 Å². The summed E-state index contributed by atoms with van der Waals surface area (Å²) in [7, 11) is 0. The molecular weight excluding hydrogens is 264 g/mol. The summed E-state index contributed by atoms with van der Waals surface area (Å²) in [5.41, 5.74) is 0.182. The maximum absolute atomic E-state index is 11.3. The van der Waals surface area contributed by atoms with E-state index in [1.807, 2.05) is 25.3 Å². The average molecular weight is 275 g/mol. The van der Waals surface area contributed by atoms with Gasteiger partial charge in [-0.1, -0.05) is 13.8 Å². The van der Waals surface area contributed by atoms with Crippen molar-refractivity contribution in [2.24, 2.45) is 5.41 Å². The monoisotopic (exact) mass is 274 g/mol. The van der Waals surface area contributed by atoms with Gasteiger partial charge in [0.2, 0.25) is 0 Å². The Labute approximate surface area is 95.1 Å². The van der Waals surface area contributed by atoms with E-state index in [0.29, 0.717) is 0 Å². The molecule has 1 heterocycles. The van der Waals surface area contributed by atoms with E-state index in [1.54, 1.807) is 11.3 Å². The summed E-state index contributed by atoms with van der Waals surface area (Å²) in [5.74, 6) is -0.701. The molecule has 1 unspecified atom stereocenters. The van der Waals surface area contributed by atoms with E-state index >= 15 is 0 Å². The molecule has 1 aliphatic carbocycles. The number of aliphatic carboxylic acids is 1. The molecule has 0 amide bonds. The third-order valence-corrected chi connectivity index (χ3v) is 4.67. The van der Waals surface area contributed by atoms with Crippen molar-refractivity contribution in [1.82, 2.24) is 0 Å². The number of hydrogen-bond donors (Lipinski definition) is 1. The molecule has 0 bridgehead atoms. The topological polar surface area (TPSA) is 37.3 Å². The molecule has 4 heteroatoms. The van der Waals surface area contributed by atoms with Gasteiger partial charge >= 0.3 is 5.97 Å². The van der Waals surface area contributed by atoms with Gasteiger partial charge in [-0.25, -0.2) is 0 Å². The Balaban J connectivity index is 2.46. The third-order valence-electron chi connectivity index (χ3n) is 3.16. The lowest BCUT2D eigenvalue weighted by molar-refractivity contribution is -0.141. The van der Waals surface area contributed by atoms with Crippen LogP contribution >= 0.6 is 27.3 Å². The molecule has 2 nitrogen and oxygen atoms in total. The predicted molar refractivity (Wildman–Crippen MR) is 59.7 cm³/mol. The summed E-state index contributed by atoms with van der Waals surface area (Å²) in [6.07, 6.45) is 0.735. The Bertz CT molecular complexity index is 397. The number of hydrogen-bond acceptors (Lipinski definition) is 2. The van der Waals surface area contributed by atoms with Gasteiger partial charge < -0.3 is 5.11 Å². The van der Waals surface area contributed by atoms with E-state index < -0.39 is 11.4 Å². The molecule has 0 saturated heterocycles. The lowest BCUT2D eigenvalue weighted by Gasteiger charge is -2.13. The van der Waals surface area contributed by atoms with Crippen LogP contribution in [-0.4, -0.2) is 11.1 Å². The average Bonchev–Trinajstić information content (AvgIpc) is 2.44. The first-order chi connectivity index (χ1) is 6.40. The molecule has 1 saturated carbocycles. The molecule has 0 spiro atoms. The van der Waals surface area contributed by atoms with Gasteiger partial charge in [0.15, 0.2) is 0 Å². The minimum atomic E-state index is -0.701. The van der Waals surface area contributed by atoms with E-state index in [-0.39, 0.29) is 5.41 Å². The summed E-state index contributed by atoms with van der Waals surface area (Å²) in [5, 5.41) is 11.2. The minimum absolute atomic E-state index is 0.112. The molecule has 0 aliphatic heterocycles. The van der Waals surface area contributed by atoms with E-state index in [1.165, 1.54) is 0 Å². The fourth-order valence-electron chi connectivity index (χ4n) is 2.13. The second-order valence-corrected chi connectivity index (χ2v) is 6.70. The van der Waals surface area contributed by atoms with Gasteiger partial charge in [-0.05, 0) is 44.8 Å². The van der Waals surface area contributed by atoms with E-state index in [2.05, 4.69) is 15.9 Å². The molecule has 1 N–H and O–H groups in total. The molecule has 1 aliphatic rings. The van der Waals surface area contributed by atoms with Gasteiger partial charge in [-0.3, -0.25) is 4.79 Å². The standard InChI is InChI=1S/C10H11BrO2S/c1-9(2)5-10(9,8(12)13)6-3-7(11)14-4-6/h3-4H,5H2,1-2H3,(H,12,13). The van der Waals surface area contributed by atoms with Crippen molar-refractivity contribution in [2.45, 2.75) is 25.7 Å². The fraction of sp³-hybridized carbons (Fsp3) is 0.500. The molecule has 1 atom stereocenters. The van der Waals surface area contributed by atoms with E-state index in [0.717, 1.165) is 15.8 Å². The molecule has 2 rings (SSSR count). The number of carboxylic acids is 1. The Morgan fingerprint density at radius 3 is 2.50 bits per heavy atom. The fourth-order valence-corrected chi connectivity index (χ4v) is 3.36. The highest BCUT2D eigenvalue weighted by atomic mass is 79.9. The van der Waals surface area contributed by atoms with Crippen LogP contribution in [0.15, 0.2) is 15.2 Å². The van der Waals surface area contributed by atoms with Gasteiger partial charge in [-0.15, -0.1) is 11.3 Å². The minimum Gasteiger partial charge on any atom is -0.481 e. The van der Waals surface area contributed by atoms with Crippen molar-refractivity contribution in [2.75, 3.05) is 0 Å². The summed E-state index contributed by atoms with van der Waals surface area (Å²) >= 11 is 4.91. The largest absolute Gasteiger partial charge is 0.481 e. The van der Waals surface area contributed by atoms with Crippen LogP contribution in [0.1, 0.15) is 25.8 Å². The highest BCUT2D eigenvalue weighted by molar-refractivity contribution is 9.11. The number of thiophene rings is 1. The van der Waals surface area contributed by atoms with Crippen molar-refractivity contribution < 1.29 is 9.90 Å². The van der Waals surface area contributed by atoms with Crippen LogP contribution < -0.4 is 0 Å². The first kappa shape index (κ1) is 10.2. The molecule has 1 aromatic rings. The molecule has 14 heavy (non-hydrogen) atoms. The molecule has 0 radical (unpaired) electrons. The molecule has 76 valence electrons. The zero-order chi connectivity index (χ0) is 10.6. The van der Waals surface area contributed by atoms with E-state index in [4.69, 9.17) is 0 Å². The lowest BCUT2D eigenvalue weighted by Crippen LogP contribution is -2.24. The summed E-state index contributed by atoms with van der Waals surface area (Å²) < 4.78 is 0.996. The Kier molecular flexibility index (Phi) is 2.05. The van der Waals surface area contributed by atoms with Gasteiger partial charge in [-0.2, -0.15) is 0 Å². The Morgan fingerprint density at radius 2 is 2.21 bits per heavy atom. The lowest BCUT2D eigenvalue weighted by atomic mass is 9.90. The molecule has 1 fully saturated rings. The smallest absolute Gasteiger partial charge is 0.314 e. The number of carboxylic acid groups (broad SMARTS) is 1. The van der Waals surface area contributed by atoms with Crippen molar-refractivity contribution in [3.05, 3.63) is 20.8 Å². The summed E-state index contributed by atoms with van der Waals surface area (Å²) in [4.78, 5) is 11.3. The highest BCUT2D eigenvalue weighted by Crippen LogP contribution is 2.65. The van der Waals surface area contributed by atoms with Crippen LogP contribution in [0.5, 0.6) is 0 Å². The SMILES string of the molecule is CC1(C)CC1(C(=O)O)c1csc(Br)c1. The summed E-state index contributed by atoms with van der Waals surface area (Å²) in [6.45, 7) is 4.01. The zero-order valence-corrected chi connectivity index (χ0v) is 10.4.